The number of fused-ring (bicyclic) bond motifs is 1. The topological polar surface area (TPSA) is 49.6 Å². The molecule has 3 aromatic rings. The van der Waals surface area contributed by atoms with Crippen molar-refractivity contribution in [1.82, 2.24) is 9.97 Å². The van der Waals surface area contributed by atoms with Crippen LogP contribution in [0.3, 0.4) is 0 Å². The molecule has 0 aliphatic rings. The SMILES string of the molecule is CCCC[n+]1ccc(C(=O)c2nc3ccccc3[nH]2)cc1.[I-]. The van der Waals surface area contributed by atoms with E-state index in [1.807, 2.05) is 48.8 Å². The summed E-state index contributed by atoms with van der Waals surface area (Å²) in [5, 5.41) is 0. The first-order valence-corrected chi connectivity index (χ1v) is 7.26. The van der Waals surface area contributed by atoms with Gasteiger partial charge in [-0.1, -0.05) is 25.5 Å². The number of ketones is 1. The first kappa shape index (κ1) is 16.6. The van der Waals surface area contributed by atoms with E-state index in [4.69, 9.17) is 0 Å². The summed E-state index contributed by atoms with van der Waals surface area (Å²) in [6, 6.07) is 11.4. The second kappa shape index (κ2) is 7.49. The maximum absolute atomic E-state index is 12.4. The van der Waals surface area contributed by atoms with Gasteiger partial charge in [-0.2, -0.15) is 0 Å². The van der Waals surface area contributed by atoms with Gasteiger partial charge in [0.05, 0.1) is 11.0 Å². The van der Waals surface area contributed by atoms with Gasteiger partial charge in [0.25, 0.3) is 0 Å². The molecule has 2 heterocycles. The number of aromatic nitrogens is 3. The van der Waals surface area contributed by atoms with Crippen molar-refractivity contribution in [1.29, 1.82) is 0 Å². The predicted molar refractivity (Wildman–Crippen MR) is 81.1 cm³/mol. The number of pyridine rings is 1. The molecule has 22 heavy (non-hydrogen) atoms. The van der Waals surface area contributed by atoms with Gasteiger partial charge in [-0.25, -0.2) is 9.55 Å². The van der Waals surface area contributed by atoms with Crippen molar-refractivity contribution in [3.8, 4) is 0 Å². The van der Waals surface area contributed by atoms with Gasteiger partial charge in [0, 0.05) is 24.1 Å². The summed E-state index contributed by atoms with van der Waals surface area (Å²) < 4.78 is 2.10. The van der Waals surface area contributed by atoms with Crippen molar-refractivity contribution in [3.63, 3.8) is 0 Å². The Kier molecular flexibility index (Phi) is 5.65. The Morgan fingerprint density at radius 1 is 1.18 bits per heavy atom. The number of aryl methyl sites for hydroxylation is 1. The molecule has 0 bridgehead atoms. The second-order valence-electron chi connectivity index (χ2n) is 5.11. The number of carbonyl (C=O) groups is 1. The van der Waals surface area contributed by atoms with Crippen molar-refractivity contribution in [2.24, 2.45) is 0 Å². The fraction of sp³-hybridized carbons (Fsp3) is 0.235. The van der Waals surface area contributed by atoms with Crippen LogP contribution in [-0.2, 0) is 6.54 Å². The third kappa shape index (κ3) is 3.52. The molecule has 4 nitrogen and oxygen atoms in total. The number of para-hydroxylation sites is 2. The number of imidazole rings is 1. The van der Waals surface area contributed by atoms with Gasteiger partial charge in [0.2, 0.25) is 5.78 Å². The zero-order valence-electron chi connectivity index (χ0n) is 12.4. The van der Waals surface area contributed by atoms with Crippen LogP contribution < -0.4 is 28.5 Å². The molecule has 1 N–H and O–H groups in total. The highest BCUT2D eigenvalue weighted by atomic mass is 127. The lowest BCUT2D eigenvalue weighted by Gasteiger charge is -1.98. The number of unbranched alkanes of at least 4 members (excludes halogenated alkanes) is 1. The zero-order valence-corrected chi connectivity index (χ0v) is 14.6. The van der Waals surface area contributed by atoms with Crippen LogP contribution in [0.5, 0.6) is 0 Å². The highest BCUT2D eigenvalue weighted by Gasteiger charge is 2.15. The van der Waals surface area contributed by atoms with Crippen LogP contribution >= 0.6 is 0 Å². The largest absolute Gasteiger partial charge is 1.00 e. The van der Waals surface area contributed by atoms with E-state index in [0.717, 1.165) is 30.4 Å². The van der Waals surface area contributed by atoms with E-state index in [0.29, 0.717) is 11.4 Å². The van der Waals surface area contributed by atoms with Crippen molar-refractivity contribution >= 4 is 16.8 Å². The smallest absolute Gasteiger partial charge is 0.228 e. The van der Waals surface area contributed by atoms with Crippen molar-refractivity contribution in [2.45, 2.75) is 26.3 Å². The number of benzene rings is 1. The maximum Gasteiger partial charge on any atom is 0.228 e. The molecule has 0 unspecified atom stereocenters. The van der Waals surface area contributed by atoms with Crippen LogP contribution in [0.15, 0.2) is 48.8 Å². The molecule has 0 saturated heterocycles. The Labute approximate surface area is 146 Å². The normalized spacial score (nSPS) is 10.4. The molecule has 0 radical (unpaired) electrons. The quantitative estimate of drug-likeness (QED) is 0.365. The lowest BCUT2D eigenvalue weighted by atomic mass is 10.1. The second-order valence-corrected chi connectivity index (χ2v) is 5.11. The molecular weight excluding hydrogens is 389 g/mol. The van der Waals surface area contributed by atoms with Crippen LogP contribution in [0.1, 0.15) is 35.9 Å². The molecule has 5 heteroatoms. The summed E-state index contributed by atoms with van der Waals surface area (Å²) in [5.41, 5.74) is 2.35. The Balaban J connectivity index is 0.00000176. The van der Waals surface area contributed by atoms with E-state index in [9.17, 15) is 4.79 Å². The van der Waals surface area contributed by atoms with E-state index in [1.165, 1.54) is 0 Å². The van der Waals surface area contributed by atoms with E-state index in [-0.39, 0.29) is 29.8 Å². The van der Waals surface area contributed by atoms with E-state index in [2.05, 4.69) is 21.5 Å². The number of nitrogens with one attached hydrogen (secondary N) is 1. The maximum atomic E-state index is 12.4. The predicted octanol–water partition coefficient (Wildman–Crippen LogP) is -0.114. The average Bonchev–Trinajstić information content (AvgIpc) is 2.96. The lowest BCUT2D eigenvalue weighted by Crippen LogP contribution is -3.00. The van der Waals surface area contributed by atoms with Crippen LogP contribution in [0.2, 0.25) is 0 Å². The molecule has 0 atom stereocenters. The summed E-state index contributed by atoms with van der Waals surface area (Å²) in [6.45, 7) is 3.15. The Bertz CT molecular complexity index is 732. The Morgan fingerprint density at radius 2 is 1.91 bits per heavy atom. The van der Waals surface area contributed by atoms with Gasteiger partial charge in [-0.05, 0) is 12.1 Å². The molecule has 2 aromatic heterocycles. The molecule has 0 amide bonds. The summed E-state index contributed by atoms with van der Waals surface area (Å²) in [5.74, 6) is 0.316. The van der Waals surface area contributed by atoms with Gasteiger partial charge in [-0.3, -0.25) is 4.79 Å². The molecule has 0 fully saturated rings. The van der Waals surface area contributed by atoms with Crippen LogP contribution in [0.4, 0.5) is 0 Å². The van der Waals surface area contributed by atoms with E-state index in [1.54, 1.807) is 0 Å². The van der Waals surface area contributed by atoms with Gasteiger partial charge in [0.15, 0.2) is 18.2 Å². The highest BCUT2D eigenvalue weighted by molar-refractivity contribution is 6.07. The van der Waals surface area contributed by atoms with Gasteiger partial charge in [0.1, 0.15) is 6.54 Å². The molecule has 3 rings (SSSR count). The molecule has 1 aromatic carbocycles. The molecule has 0 aliphatic carbocycles. The van der Waals surface area contributed by atoms with Crippen LogP contribution in [0, 0.1) is 0 Å². The summed E-state index contributed by atoms with van der Waals surface area (Å²) in [6.07, 6.45) is 6.20. The van der Waals surface area contributed by atoms with Gasteiger partial charge in [-0.15, -0.1) is 0 Å². The summed E-state index contributed by atoms with van der Waals surface area (Å²) in [7, 11) is 0. The van der Waals surface area contributed by atoms with Gasteiger partial charge >= 0.3 is 0 Å². The fourth-order valence-electron chi connectivity index (χ4n) is 2.30. The van der Waals surface area contributed by atoms with Crippen LogP contribution in [0.25, 0.3) is 11.0 Å². The van der Waals surface area contributed by atoms with Gasteiger partial charge < -0.3 is 29.0 Å². The van der Waals surface area contributed by atoms with E-state index >= 15 is 0 Å². The molecular formula is C17H18IN3O. The van der Waals surface area contributed by atoms with Crippen molar-refractivity contribution in [2.75, 3.05) is 0 Å². The van der Waals surface area contributed by atoms with E-state index < -0.39 is 0 Å². The minimum atomic E-state index is -0.0751. The number of rotatable bonds is 5. The number of carbonyl (C=O) groups excluding carboxylic acids is 1. The zero-order chi connectivity index (χ0) is 14.7. The molecule has 0 saturated carbocycles. The molecule has 114 valence electrons. The third-order valence-corrected chi connectivity index (χ3v) is 3.53. The highest BCUT2D eigenvalue weighted by Crippen LogP contribution is 2.13. The number of hydrogen-bond acceptors (Lipinski definition) is 2. The molecule has 0 aliphatic heterocycles. The van der Waals surface area contributed by atoms with Crippen molar-refractivity contribution < 1.29 is 33.3 Å². The van der Waals surface area contributed by atoms with Crippen LogP contribution in [-0.4, -0.2) is 15.8 Å². The minimum absolute atomic E-state index is 0. The summed E-state index contributed by atoms with van der Waals surface area (Å²) in [4.78, 5) is 19.9. The fourth-order valence-corrected chi connectivity index (χ4v) is 2.30. The standard InChI is InChI=1S/C17H17N3O.HI/c1-2-3-10-20-11-8-13(9-12-20)16(21)17-18-14-6-4-5-7-15(14)19-17;/h4-9,11-12H,2-3,10H2,1H3;1H. The lowest BCUT2D eigenvalue weighted by molar-refractivity contribution is -0.697. The number of halogens is 1. The monoisotopic (exact) mass is 407 g/mol. The first-order valence-electron chi connectivity index (χ1n) is 7.26. The van der Waals surface area contributed by atoms with Crippen molar-refractivity contribution in [3.05, 3.63) is 60.2 Å². The number of aromatic amines is 1. The number of H-pyrrole nitrogens is 1. The summed E-state index contributed by atoms with van der Waals surface area (Å²) >= 11 is 0. The average molecular weight is 407 g/mol. The Hall–Kier alpha value is -1.76. The number of nitrogens with zero attached hydrogens (tertiary/aromatic N) is 2. The Morgan fingerprint density at radius 3 is 2.59 bits per heavy atom. The first-order chi connectivity index (χ1) is 10.3. The minimum Gasteiger partial charge on any atom is -1.00 e. The third-order valence-electron chi connectivity index (χ3n) is 3.53. The molecule has 0 spiro atoms. The number of hydrogen-bond donors (Lipinski definition) is 1.